The number of oxazole rings is 1. The van der Waals surface area contributed by atoms with Crippen LogP contribution in [0, 0.1) is 0 Å². The second kappa shape index (κ2) is 10.6. The molecule has 33 heavy (non-hydrogen) atoms. The molecule has 3 aromatic carbocycles. The minimum absolute atomic E-state index is 0.609. The summed E-state index contributed by atoms with van der Waals surface area (Å²) in [5.74, 6) is 1.47. The maximum absolute atomic E-state index is 6.06. The first-order valence-electron chi connectivity index (χ1n) is 11.1. The van der Waals surface area contributed by atoms with Crippen molar-refractivity contribution in [1.29, 1.82) is 0 Å². The molecule has 0 saturated carbocycles. The third kappa shape index (κ3) is 5.89. The number of fused-ring (bicyclic) bond motifs is 1. The van der Waals surface area contributed by atoms with Gasteiger partial charge in [0.2, 0.25) is 5.89 Å². The van der Waals surface area contributed by atoms with Gasteiger partial charge in [-0.1, -0.05) is 23.4 Å². The van der Waals surface area contributed by atoms with E-state index in [1.807, 2.05) is 60.7 Å². The molecule has 0 bridgehead atoms. The molecule has 0 unspecified atom stereocenters. The highest BCUT2D eigenvalue weighted by molar-refractivity contribution is 7.99. The summed E-state index contributed by atoms with van der Waals surface area (Å²) >= 11 is 7.64. The van der Waals surface area contributed by atoms with Crippen LogP contribution in [-0.4, -0.2) is 49.3 Å². The van der Waals surface area contributed by atoms with Gasteiger partial charge in [0.05, 0.1) is 19.8 Å². The summed E-state index contributed by atoms with van der Waals surface area (Å²) in [5.41, 5.74) is 2.54. The maximum atomic E-state index is 6.06. The van der Waals surface area contributed by atoms with Crippen molar-refractivity contribution in [2.75, 3.05) is 39.5 Å². The first kappa shape index (κ1) is 22.3. The first-order valence-corrected chi connectivity index (χ1v) is 12.3. The Morgan fingerprint density at radius 3 is 2.48 bits per heavy atom. The predicted octanol–water partition coefficient (Wildman–Crippen LogP) is 6.40. The van der Waals surface area contributed by atoms with E-state index in [4.69, 9.17) is 25.5 Å². The molecule has 170 valence electrons. The van der Waals surface area contributed by atoms with E-state index in [0.29, 0.717) is 12.5 Å². The number of aromatic nitrogens is 1. The van der Waals surface area contributed by atoms with Crippen LogP contribution in [0.5, 0.6) is 5.75 Å². The average Bonchev–Trinajstić information content (AvgIpc) is 3.28. The van der Waals surface area contributed by atoms with E-state index in [9.17, 15) is 0 Å². The molecule has 1 aliphatic rings. The van der Waals surface area contributed by atoms with E-state index in [-0.39, 0.29) is 0 Å². The third-order valence-corrected chi connectivity index (χ3v) is 6.75. The Kier molecular flexibility index (Phi) is 7.17. The van der Waals surface area contributed by atoms with Crippen LogP contribution >= 0.6 is 23.4 Å². The maximum Gasteiger partial charge on any atom is 0.227 e. The summed E-state index contributed by atoms with van der Waals surface area (Å²) in [6.45, 7) is 5.44. The quantitative estimate of drug-likeness (QED) is 0.272. The minimum atomic E-state index is 0.609. The highest BCUT2D eigenvalue weighted by Gasteiger charge is 2.11. The molecule has 1 aromatic heterocycles. The lowest BCUT2D eigenvalue weighted by atomic mass is 10.2. The van der Waals surface area contributed by atoms with Gasteiger partial charge in [-0.3, -0.25) is 4.90 Å². The van der Waals surface area contributed by atoms with Crippen LogP contribution in [0.4, 0.5) is 0 Å². The molecule has 0 aliphatic carbocycles. The summed E-state index contributed by atoms with van der Waals surface area (Å²) in [6, 6.07) is 21.8. The molecule has 7 heteroatoms. The fourth-order valence-corrected chi connectivity index (χ4v) is 4.70. The number of benzene rings is 3. The average molecular weight is 481 g/mol. The molecule has 0 atom stereocenters. The van der Waals surface area contributed by atoms with E-state index < -0.39 is 0 Å². The number of hydrogen-bond acceptors (Lipinski definition) is 6. The number of rotatable bonds is 8. The van der Waals surface area contributed by atoms with Crippen molar-refractivity contribution >= 4 is 34.5 Å². The Morgan fingerprint density at radius 2 is 1.70 bits per heavy atom. The summed E-state index contributed by atoms with van der Waals surface area (Å²) < 4.78 is 17.3. The van der Waals surface area contributed by atoms with Gasteiger partial charge in [0.25, 0.3) is 0 Å². The highest BCUT2D eigenvalue weighted by atomic mass is 35.5. The second-order valence-electron chi connectivity index (χ2n) is 7.88. The van der Waals surface area contributed by atoms with Crippen LogP contribution < -0.4 is 4.74 Å². The molecule has 5 rings (SSSR count). The summed E-state index contributed by atoms with van der Waals surface area (Å²) in [6.07, 6.45) is 1.00. The van der Waals surface area contributed by atoms with Gasteiger partial charge in [0.15, 0.2) is 5.58 Å². The van der Waals surface area contributed by atoms with Gasteiger partial charge in [-0.15, -0.1) is 0 Å². The molecule has 0 N–H and O–H groups in total. The molecule has 0 spiro atoms. The standard InChI is InChI=1S/C26H25ClN2O3S/c27-20-4-8-22(9-5-20)33-23-10-11-24-25(18-23)32-26(28-24)19-2-6-21(7-3-19)31-15-1-12-29-13-16-30-17-14-29/h2-11,18H,1,12-17H2. The largest absolute Gasteiger partial charge is 0.494 e. The van der Waals surface area contributed by atoms with Gasteiger partial charge in [-0.25, -0.2) is 4.98 Å². The van der Waals surface area contributed by atoms with E-state index in [1.165, 1.54) is 0 Å². The first-order chi connectivity index (χ1) is 16.2. The smallest absolute Gasteiger partial charge is 0.227 e. The van der Waals surface area contributed by atoms with Gasteiger partial charge in [0, 0.05) is 40.0 Å². The summed E-state index contributed by atoms with van der Waals surface area (Å²) in [7, 11) is 0. The van der Waals surface area contributed by atoms with Gasteiger partial charge >= 0.3 is 0 Å². The fourth-order valence-electron chi connectivity index (χ4n) is 3.73. The molecule has 5 nitrogen and oxygen atoms in total. The molecule has 0 amide bonds. The Balaban J connectivity index is 1.19. The number of ether oxygens (including phenoxy) is 2. The molecular weight excluding hydrogens is 456 g/mol. The van der Waals surface area contributed by atoms with Crippen LogP contribution in [0.1, 0.15) is 6.42 Å². The van der Waals surface area contributed by atoms with Crippen LogP contribution in [0.25, 0.3) is 22.6 Å². The second-order valence-corrected chi connectivity index (χ2v) is 9.47. The fraction of sp³-hybridized carbons (Fsp3) is 0.269. The normalized spacial score (nSPS) is 14.6. The topological polar surface area (TPSA) is 47.7 Å². The van der Waals surface area contributed by atoms with Crippen molar-refractivity contribution < 1.29 is 13.9 Å². The molecule has 1 fully saturated rings. The van der Waals surface area contributed by atoms with Gasteiger partial charge < -0.3 is 13.9 Å². The lowest BCUT2D eigenvalue weighted by Gasteiger charge is -2.26. The van der Waals surface area contributed by atoms with Crippen LogP contribution in [0.2, 0.25) is 5.02 Å². The highest BCUT2D eigenvalue weighted by Crippen LogP contribution is 2.32. The SMILES string of the molecule is Clc1ccc(Sc2ccc3nc(-c4ccc(OCCCN5CCOCC5)cc4)oc3c2)cc1. The summed E-state index contributed by atoms with van der Waals surface area (Å²) in [5, 5.41) is 0.735. The van der Waals surface area contributed by atoms with Crippen LogP contribution in [0.3, 0.4) is 0 Å². The van der Waals surface area contributed by atoms with Gasteiger partial charge in [-0.2, -0.15) is 0 Å². The van der Waals surface area contributed by atoms with Crippen molar-refractivity contribution in [1.82, 2.24) is 9.88 Å². The number of morpholine rings is 1. The Labute approximate surface area is 202 Å². The summed E-state index contributed by atoms with van der Waals surface area (Å²) in [4.78, 5) is 9.28. The minimum Gasteiger partial charge on any atom is -0.494 e. The number of hydrogen-bond donors (Lipinski definition) is 0. The van der Waals surface area contributed by atoms with E-state index >= 15 is 0 Å². The zero-order valence-electron chi connectivity index (χ0n) is 18.2. The molecule has 1 aliphatic heterocycles. The van der Waals surface area contributed by atoms with Crippen LogP contribution in [0.15, 0.2) is 80.9 Å². The van der Waals surface area contributed by atoms with Gasteiger partial charge in [0.1, 0.15) is 11.3 Å². The molecule has 4 aromatic rings. The molecule has 1 saturated heterocycles. The molecular formula is C26H25ClN2O3S. The monoisotopic (exact) mass is 480 g/mol. The lowest BCUT2D eigenvalue weighted by molar-refractivity contribution is 0.0358. The third-order valence-electron chi connectivity index (χ3n) is 5.50. The Hall–Kier alpha value is -2.51. The van der Waals surface area contributed by atoms with Gasteiger partial charge in [-0.05, 0) is 73.2 Å². The Bertz CT molecular complexity index is 1190. The van der Waals surface area contributed by atoms with E-state index in [0.717, 1.165) is 76.5 Å². The predicted molar refractivity (Wildman–Crippen MR) is 132 cm³/mol. The van der Waals surface area contributed by atoms with Crippen LogP contribution in [-0.2, 0) is 4.74 Å². The number of nitrogens with zero attached hydrogens (tertiary/aromatic N) is 2. The van der Waals surface area contributed by atoms with E-state index in [2.05, 4.69) is 16.0 Å². The number of halogens is 1. The van der Waals surface area contributed by atoms with Crippen molar-refractivity contribution in [3.05, 3.63) is 71.8 Å². The molecule has 0 radical (unpaired) electrons. The van der Waals surface area contributed by atoms with Crippen molar-refractivity contribution in [2.24, 2.45) is 0 Å². The lowest BCUT2D eigenvalue weighted by Crippen LogP contribution is -2.37. The van der Waals surface area contributed by atoms with E-state index in [1.54, 1.807) is 11.8 Å². The zero-order chi connectivity index (χ0) is 22.5. The Morgan fingerprint density at radius 1 is 0.939 bits per heavy atom. The zero-order valence-corrected chi connectivity index (χ0v) is 19.8. The van der Waals surface area contributed by atoms with Crippen molar-refractivity contribution in [3.63, 3.8) is 0 Å². The molecule has 2 heterocycles. The van der Waals surface area contributed by atoms with Crippen molar-refractivity contribution in [3.8, 4) is 17.2 Å². The van der Waals surface area contributed by atoms with Crippen molar-refractivity contribution in [2.45, 2.75) is 16.2 Å².